The molecule has 0 spiro atoms. The zero-order valence-corrected chi connectivity index (χ0v) is 17.1. The van der Waals surface area contributed by atoms with Crippen molar-refractivity contribution >= 4 is 41.3 Å². The van der Waals surface area contributed by atoms with Crippen molar-refractivity contribution in [1.82, 2.24) is 10.2 Å². The van der Waals surface area contributed by atoms with Crippen molar-refractivity contribution in [2.24, 2.45) is 0 Å². The maximum absolute atomic E-state index is 12.7. The number of halogens is 1. The second-order valence-electron chi connectivity index (χ2n) is 6.17. The molecule has 1 N–H and O–H groups in total. The fourth-order valence-corrected chi connectivity index (χ4v) is 3.06. The van der Waals surface area contributed by atoms with E-state index in [0.29, 0.717) is 0 Å². The molecule has 1 aliphatic heterocycles. The highest BCUT2D eigenvalue weighted by Gasteiger charge is 2.35. The molecule has 1 fully saturated rings. The van der Waals surface area contributed by atoms with Crippen LogP contribution in [0.15, 0.2) is 34.4 Å². The molecule has 1 saturated heterocycles. The number of benzene rings is 1. The molecule has 0 atom stereocenters. The number of rotatable bonds is 7. The summed E-state index contributed by atoms with van der Waals surface area (Å²) < 4.78 is 15.2. The lowest BCUT2D eigenvalue weighted by atomic mass is 10.1. The zero-order chi connectivity index (χ0) is 22.7. The van der Waals surface area contributed by atoms with E-state index >= 15 is 0 Å². The summed E-state index contributed by atoms with van der Waals surface area (Å²) in [6.45, 7) is 1.53. The molecular formula is C19H16ClN3O8. The summed E-state index contributed by atoms with van der Waals surface area (Å²) in [6, 6.07) is 4.56. The maximum Gasteiger partial charge on any atom is 0.373 e. The molecule has 0 radical (unpaired) electrons. The zero-order valence-electron chi connectivity index (χ0n) is 16.3. The highest BCUT2D eigenvalue weighted by atomic mass is 35.5. The van der Waals surface area contributed by atoms with Crippen LogP contribution in [0.3, 0.4) is 0 Å². The Balaban J connectivity index is 1.91. The summed E-state index contributed by atoms with van der Waals surface area (Å²) >= 11 is 5.97. The monoisotopic (exact) mass is 449 g/mol. The van der Waals surface area contributed by atoms with E-state index in [-0.39, 0.29) is 52.4 Å². The number of esters is 1. The topological polar surface area (TPSA) is 141 Å². The summed E-state index contributed by atoms with van der Waals surface area (Å²) in [4.78, 5) is 48.0. The number of ether oxygens (including phenoxy) is 2. The number of urea groups is 1. The number of hydrogen-bond acceptors (Lipinski definition) is 8. The van der Waals surface area contributed by atoms with Crippen LogP contribution < -0.4 is 10.1 Å². The van der Waals surface area contributed by atoms with Gasteiger partial charge in [0.1, 0.15) is 11.5 Å². The summed E-state index contributed by atoms with van der Waals surface area (Å²) in [5.41, 5.74) is -0.361. The van der Waals surface area contributed by atoms with Crippen LogP contribution in [0.2, 0.25) is 5.02 Å². The molecule has 11 nitrogen and oxygen atoms in total. The first kappa shape index (κ1) is 21.8. The van der Waals surface area contributed by atoms with Gasteiger partial charge in [0.2, 0.25) is 11.5 Å². The molecule has 3 amide bonds. The van der Waals surface area contributed by atoms with Crippen molar-refractivity contribution in [3.63, 3.8) is 0 Å². The van der Waals surface area contributed by atoms with Crippen LogP contribution in [0.1, 0.15) is 28.8 Å². The lowest BCUT2D eigenvalue weighted by Crippen LogP contribution is -2.30. The first-order valence-electron chi connectivity index (χ1n) is 8.87. The predicted octanol–water partition coefficient (Wildman–Crippen LogP) is 3.12. The van der Waals surface area contributed by atoms with E-state index in [2.05, 4.69) is 10.1 Å². The van der Waals surface area contributed by atoms with E-state index in [4.69, 9.17) is 20.8 Å². The number of methoxy groups -OCH3 is 1. The van der Waals surface area contributed by atoms with E-state index in [0.717, 1.165) is 11.0 Å². The van der Waals surface area contributed by atoms with Crippen LogP contribution in [0, 0.1) is 10.1 Å². The maximum atomic E-state index is 12.7. The second-order valence-corrected chi connectivity index (χ2v) is 6.61. The molecule has 1 aliphatic rings. The van der Waals surface area contributed by atoms with E-state index in [1.165, 1.54) is 31.4 Å². The number of nitrogens with zero attached hydrogens (tertiary/aromatic N) is 2. The molecule has 0 saturated carbocycles. The van der Waals surface area contributed by atoms with Crippen molar-refractivity contribution in [3.8, 4) is 5.75 Å². The largest absolute Gasteiger partial charge is 0.487 e. The van der Waals surface area contributed by atoms with Crippen LogP contribution in [0.25, 0.3) is 6.08 Å². The number of furan rings is 1. The number of hydrogen-bond donors (Lipinski definition) is 1. The van der Waals surface area contributed by atoms with Crippen molar-refractivity contribution in [2.75, 3.05) is 13.7 Å². The number of nitro benzene ring substituents is 1. The first-order valence-corrected chi connectivity index (χ1v) is 9.25. The van der Waals surface area contributed by atoms with Gasteiger partial charge in [-0.3, -0.25) is 19.8 Å². The van der Waals surface area contributed by atoms with Crippen LogP contribution in [0.4, 0.5) is 10.5 Å². The molecular weight excluding hydrogens is 434 g/mol. The SMILES string of the molecule is CCOc1c(/C=C2\NC(=O)N(Cc3ccc(C(=O)OC)o3)C2=O)cc(Cl)cc1[N+](=O)[O-]. The van der Waals surface area contributed by atoms with Crippen molar-refractivity contribution in [1.29, 1.82) is 0 Å². The third kappa shape index (κ3) is 4.51. The molecule has 1 aromatic heterocycles. The van der Waals surface area contributed by atoms with E-state index < -0.39 is 22.8 Å². The van der Waals surface area contributed by atoms with Gasteiger partial charge in [-0.1, -0.05) is 11.6 Å². The molecule has 2 aromatic rings. The Morgan fingerprint density at radius 1 is 1.35 bits per heavy atom. The number of nitro groups is 1. The van der Waals surface area contributed by atoms with Gasteiger partial charge in [0.15, 0.2) is 0 Å². The molecule has 162 valence electrons. The van der Waals surface area contributed by atoms with Gasteiger partial charge >= 0.3 is 17.7 Å². The molecule has 3 rings (SSSR count). The number of carbonyl (C=O) groups is 3. The standard InChI is InChI=1S/C19H16ClN3O8/c1-3-30-16-10(6-11(20)8-14(16)23(27)28)7-13-17(24)22(19(26)21-13)9-12-4-5-15(31-12)18(25)29-2/h4-8H,3,9H2,1-2H3,(H,21,26)/b13-7-. The number of amides is 3. The van der Waals surface area contributed by atoms with Crippen LogP contribution >= 0.6 is 11.6 Å². The van der Waals surface area contributed by atoms with Gasteiger partial charge in [-0.25, -0.2) is 9.59 Å². The minimum absolute atomic E-state index is 0.0570. The Morgan fingerprint density at radius 3 is 2.74 bits per heavy atom. The fraction of sp³-hybridized carbons (Fsp3) is 0.211. The minimum atomic E-state index is -0.734. The van der Waals surface area contributed by atoms with E-state index in [1.54, 1.807) is 6.92 Å². The lowest BCUT2D eigenvalue weighted by Gasteiger charge is -2.10. The molecule has 0 unspecified atom stereocenters. The van der Waals surface area contributed by atoms with E-state index in [9.17, 15) is 24.5 Å². The number of nitrogens with one attached hydrogen (secondary N) is 1. The summed E-state index contributed by atoms with van der Waals surface area (Å²) in [6.07, 6.45) is 1.24. The van der Waals surface area contributed by atoms with Crippen LogP contribution in [-0.4, -0.2) is 41.4 Å². The van der Waals surface area contributed by atoms with Crippen molar-refractivity contribution < 1.29 is 33.2 Å². The predicted molar refractivity (Wildman–Crippen MR) is 106 cm³/mol. The van der Waals surface area contributed by atoms with Gasteiger partial charge in [0.25, 0.3) is 5.91 Å². The third-order valence-corrected chi connectivity index (χ3v) is 4.39. The highest BCUT2D eigenvalue weighted by Crippen LogP contribution is 2.36. The third-order valence-electron chi connectivity index (χ3n) is 4.17. The Kier molecular flexibility index (Phi) is 6.25. The fourth-order valence-electron chi connectivity index (χ4n) is 2.84. The molecule has 1 aromatic carbocycles. The normalized spacial score (nSPS) is 14.7. The molecule has 0 aliphatic carbocycles. The Labute approximate surface area is 180 Å². The summed E-state index contributed by atoms with van der Waals surface area (Å²) in [5, 5.41) is 13.8. The van der Waals surface area contributed by atoms with Crippen molar-refractivity contribution in [2.45, 2.75) is 13.5 Å². The number of carbonyl (C=O) groups excluding carboxylic acids is 3. The quantitative estimate of drug-likeness (QED) is 0.223. The Bertz CT molecular complexity index is 1110. The Morgan fingerprint density at radius 2 is 2.10 bits per heavy atom. The average molecular weight is 450 g/mol. The number of imide groups is 1. The molecule has 2 heterocycles. The summed E-state index contributed by atoms with van der Waals surface area (Å²) in [5.74, 6) is -1.38. The average Bonchev–Trinajstić information content (AvgIpc) is 3.29. The van der Waals surface area contributed by atoms with Gasteiger partial charge < -0.3 is 19.2 Å². The van der Waals surface area contributed by atoms with Gasteiger partial charge in [-0.05, 0) is 31.2 Å². The van der Waals surface area contributed by atoms with Gasteiger partial charge in [0, 0.05) is 16.7 Å². The van der Waals surface area contributed by atoms with Crippen molar-refractivity contribution in [3.05, 3.63) is 62.2 Å². The molecule has 31 heavy (non-hydrogen) atoms. The van der Waals surface area contributed by atoms with Gasteiger partial charge in [-0.15, -0.1) is 0 Å². The van der Waals surface area contributed by atoms with E-state index in [1.807, 2.05) is 0 Å². The molecule has 12 heteroatoms. The minimum Gasteiger partial charge on any atom is -0.487 e. The van der Waals surface area contributed by atoms with Gasteiger partial charge in [0.05, 0.1) is 25.2 Å². The second kappa shape index (κ2) is 8.88. The summed E-state index contributed by atoms with van der Waals surface area (Å²) in [7, 11) is 1.19. The smallest absolute Gasteiger partial charge is 0.373 e. The molecule has 0 bridgehead atoms. The first-order chi connectivity index (χ1) is 14.7. The highest BCUT2D eigenvalue weighted by molar-refractivity contribution is 6.31. The van der Waals surface area contributed by atoms with Crippen LogP contribution in [0.5, 0.6) is 5.75 Å². The van der Waals surface area contributed by atoms with Crippen LogP contribution in [-0.2, 0) is 16.1 Å². The lowest BCUT2D eigenvalue weighted by molar-refractivity contribution is -0.385. The van der Waals surface area contributed by atoms with Gasteiger partial charge in [-0.2, -0.15) is 0 Å². The Hall–Kier alpha value is -3.86.